The summed E-state index contributed by atoms with van der Waals surface area (Å²) in [5.74, 6) is 1.53. The van der Waals surface area contributed by atoms with E-state index in [2.05, 4.69) is 12.2 Å². The zero-order valence-corrected chi connectivity index (χ0v) is 11.7. The van der Waals surface area contributed by atoms with Gasteiger partial charge < -0.3 is 5.32 Å². The van der Waals surface area contributed by atoms with Crippen LogP contribution < -0.4 is 5.32 Å². The molecule has 4 heteroatoms. The molecule has 1 N–H and O–H groups in total. The molecule has 3 rings (SSSR count). The zero-order valence-electron chi connectivity index (χ0n) is 11.7. The molecule has 0 radical (unpaired) electrons. The van der Waals surface area contributed by atoms with Crippen LogP contribution in [0.25, 0.3) is 0 Å². The number of imide groups is 1. The SMILES string of the molecule is CC(CNC1CC(=O)N(C2CCCC2)C1=O)C1CC1. The van der Waals surface area contributed by atoms with Crippen molar-refractivity contribution in [3.05, 3.63) is 0 Å². The Balaban J connectivity index is 1.55. The first-order chi connectivity index (χ1) is 9.16. The fraction of sp³-hybridized carbons (Fsp3) is 0.867. The third-order valence-electron chi connectivity index (χ3n) is 4.99. The molecule has 4 nitrogen and oxygen atoms in total. The Bertz CT molecular complexity index is 372. The lowest BCUT2D eigenvalue weighted by atomic mass is 10.1. The van der Waals surface area contributed by atoms with Gasteiger partial charge in [-0.05, 0) is 44.1 Å². The van der Waals surface area contributed by atoms with Gasteiger partial charge in [0, 0.05) is 6.04 Å². The van der Waals surface area contributed by atoms with Crippen molar-refractivity contribution in [1.29, 1.82) is 0 Å². The molecule has 0 aromatic heterocycles. The summed E-state index contributed by atoms with van der Waals surface area (Å²) in [5.41, 5.74) is 0. The number of carbonyl (C=O) groups excluding carboxylic acids is 2. The second-order valence-electron chi connectivity index (χ2n) is 6.52. The van der Waals surface area contributed by atoms with Crippen molar-refractivity contribution in [2.45, 2.75) is 64.0 Å². The lowest BCUT2D eigenvalue weighted by Gasteiger charge is -2.22. The molecule has 1 heterocycles. The van der Waals surface area contributed by atoms with Crippen molar-refractivity contribution in [3.8, 4) is 0 Å². The van der Waals surface area contributed by atoms with Crippen LogP contribution in [-0.4, -0.2) is 35.3 Å². The maximum atomic E-state index is 12.3. The van der Waals surface area contributed by atoms with Gasteiger partial charge in [-0.25, -0.2) is 0 Å². The normalized spacial score (nSPS) is 30.4. The van der Waals surface area contributed by atoms with Gasteiger partial charge in [0.25, 0.3) is 0 Å². The van der Waals surface area contributed by atoms with Crippen molar-refractivity contribution < 1.29 is 9.59 Å². The number of amides is 2. The summed E-state index contributed by atoms with van der Waals surface area (Å²) >= 11 is 0. The van der Waals surface area contributed by atoms with E-state index < -0.39 is 0 Å². The van der Waals surface area contributed by atoms with Crippen LogP contribution >= 0.6 is 0 Å². The Labute approximate surface area is 114 Å². The van der Waals surface area contributed by atoms with E-state index >= 15 is 0 Å². The molecule has 2 atom stereocenters. The van der Waals surface area contributed by atoms with Gasteiger partial charge in [-0.15, -0.1) is 0 Å². The van der Waals surface area contributed by atoms with E-state index in [4.69, 9.17) is 0 Å². The number of likely N-dealkylation sites (tertiary alicyclic amines) is 1. The molecule has 2 amide bonds. The highest BCUT2D eigenvalue weighted by atomic mass is 16.2. The highest BCUT2D eigenvalue weighted by Crippen LogP contribution is 2.36. The molecule has 1 aliphatic heterocycles. The molecule has 2 saturated carbocycles. The summed E-state index contributed by atoms with van der Waals surface area (Å²) in [4.78, 5) is 25.9. The van der Waals surface area contributed by atoms with Crippen LogP contribution in [-0.2, 0) is 9.59 Å². The van der Waals surface area contributed by atoms with Gasteiger partial charge >= 0.3 is 0 Å². The smallest absolute Gasteiger partial charge is 0.247 e. The van der Waals surface area contributed by atoms with Crippen LogP contribution in [0.2, 0.25) is 0 Å². The first-order valence-electron chi connectivity index (χ1n) is 7.76. The first-order valence-corrected chi connectivity index (χ1v) is 7.76. The number of nitrogens with one attached hydrogen (secondary N) is 1. The van der Waals surface area contributed by atoms with Crippen molar-refractivity contribution in [2.75, 3.05) is 6.54 Å². The van der Waals surface area contributed by atoms with Gasteiger partial charge in [-0.2, -0.15) is 0 Å². The molecular weight excluding hydrogens is 240 g/mol. The minimum atomic E-state index is -0.255. The molecule has 0 bridgehead atoms. The quantitative estimate of drug-likeness (QED) is 0.769. The molecule has 0 aromatic rings. The summed E-state index contributed by atoms with van der Waals surface area (Å²) in [7, 11) is 0. The summed E-state index contributed by atoms with van der Waals surface area (Å²) < 4.78 is 0. The molecule has 1 saturated heterocycles. The van der Waals surface area contributed by atoms with Gasteiger partial charge in [-0.1, -0.05) is 19.8 Å². The summed E-state index contributed by atoms with van der Waals surface area (Å²) in [6, 6.07) is -0.0676. The van der Waals surface area contributed by atoms with E-state index in [-0.39, 0.29) is 23.9 Å². The fourth-order valence-electron chi connectivity index (χ4n) is 3.52. The average Bonchev–Trinajstić information content (AvgIpc) is 3.04. The summed E-state index contributed by atoms with van der Waals surface area (Å²) in [5, 5.41) is 3.32. The molecule has 3 aliphatic rings. The molecule has 2 unspecified atom stereocenters. The lowest BCUT2D eigenvalue weighted by Crippen LogP contribution is -2.44. The lowest BCUT2D eigenvalue weighted by molar-refractivity contribution is -0.141. The third-order valence-corrected chi connectivity index (χ3v) is 4.99. The molecular formula is C15H24N2O2. The highest BCUT2D eigenvalue weighted by molar-refractivity contribution is 6.05. The maximum Gasteiger partial charge on any atom is 0.247 e. The number of carbonyl (C=O) groups is 2. The molecule has 0 spiro atoms. The second kappa shape index (κ2) is 5.23. The standard InChI is InChI=1S/C15H24N2O2/c1-10(11-6-7-11)9-16-13-8-14(18)17(15(13)19)12-4-2-3-5-12/h10-13,16H,2-9H2,1H3. The van der Waals surface area contributed by atoms with E-state index in [1.165, 1.54) is 12.8 Å². The number of nitrogens with zero attached hydrogens (tertiary/aromatic N) is 1. The van der Waals surface area contributed by atoms with Crippen molar-refractivity contribution >= 4 is 11.8 Å². The second-order valence-corrected chi connectivity index (χ2v) is 6.52. The van der Waals surface area contributed by atoms with Gasteiger partial charge in [0.1, 0.15) is 0 Å². The van der Waals surface area contributed by atoms with E-state index in [9.17, 15) is 9.59 Å². The van der Waals surface area contributed by atoms with E-state index in [0.29, 0.717) is 12.3 Å². The molecule has 2 aliphatic carbocycles. The third kappa shape index (κ3) is 2.69. The summed E-state index contributed by atoms with van der Waals surface area (Å²) in [6.07, 6.45) is 7.33. The molecule has 106 valence electrons. The summed E-state index contributed by atoms with van der Waals surface area (Å²) in [6.45, 7) is 3.10. The maximum absolute atomic E-state index is 12.3. The van der Waals surface area contributed by atoms with Crippen molar-refractivity contribution in [2.24, 2.45) is 11.8 Å². The predicted molar refractivity (Wildman–Crippen MR) is 72.4 cm³/mol. The van der Waals surface area contributed by atoms with Crippen molar-refractivity contribution in [1.82, 2.24) is 10.2 Å². The Hall–Kier alpha value is -0.900. The van der Waals surface area contributed by atoms with Gasteiger partial charge in [0.15, 0.2) is 0 Å². The van der Waals surface area contributed by atoms with Crippen LogP contribution in [0.1, 0.15) is 51.9 Å². The van der Waals surface area contributed by atoms with Crippen LogP contribution in [0.4, 0.5) is 0 Å². The molecule has 3 fully saturated rings. The predicted octanol–water partition coefficient (Wildman–Crippen LogP) is 1.69. The van der Waals surface area contributed by atoms with E-state index in [1.807, 2.05) is 0 Å². The van der Waals surface area contributed by atoms with Gasteiger partial charge in [0.2, 0.25) is 11.8 Å². The Kier molecular flexibility index (Phi) is 3.61. The highest BCUT2D eigenvalue weighted by Gasteiger charge is 2.43. The minimum absolute atomic E-state index is 0.0277. The van der Waals surface area contributed by atoms with Crippen molar-refractivity contribution in [3.63, 3.8) is 0 Å². The first kappa shape index (κ1) is 13.1. The number of rotatable bonds is 5. The van der Waals surface area contributed by atoms with Crippen LogP contribution in [0, 0.1) is 11.8 Å². The number of hydrogen-bond donors (Lipinski definition) is 1. The fourth-order valence-corrected chi connectivity index (χ4v) is 3.52. The Morgan fingerprint density at radius 2 is 1.89 bits per heavy atom. The topological polar surface area (TPSA) is 49.4 Å². The molecule has 19 heavy (non-hydrogen) atoms. The number of hydrogen-bond acceptors (Lipinski definition) is 3. The average molecular weight is 264 g/mol. The largest absolute Gasteiger partial charge is 0.305 e. The van der Waals surface area contributed by atoms with Gasteiger partial charge in [0.05, 0.1) is 12.5 Å². The molecule has 0 aromatic carbocycles. The Morgan fingerprint density at radius 1 is 1.21 bits per heavy atom. The van der Waals surface area contributed by atoms with Gasteiger partial charge in [-0.3, -0.25) is 14.5 Å². The monoisotopic (exact) mass is 264 g/mol. The van der Waals surface area contributed by atoms with E-state index in [1.54, 1.807) is 4.90 Å². The van der Waals surface area contributed by atoms with Crippen LogP contribution in [0.3, 0.4) is 0 Å². The van der Waals surface area contributed by atoms with Crippen LogP contribution in [0.15, 0.2) is 0 Å². The minimum Gasteiger partial charge on any atom is -0.305 e. The van der Waals surface area contributed by atoms with E-state index in [0.717, 1.165) is 38.1 Å². The Morgan fingerprint density at radius 3 is 2.53 bits per heavy atom. The zero-order chi connectivity index (χ0) is 13.4. The van der Waals surface area contributed by atoms with Crippen LogP contribution in [0.5, 0.6) is 0 Å².